The molecule has 1 aromatic carbocycles. The molecule has 114 valence electrons. The number of rotatable bonds is 3. The van der Waals surface area contributed by atoms with Crippen LogP contribution in [0.15, 0.2) is 12.1 Å². The number of hydrogen-bond acceptors (Lipinski definition) is 5. The maximum Gasteiger partial charge on any atom is 0.294 e. The van der Waals surface area contributed by atoms with Crippen LogP contribution in [0.1, 0.15) is 36.5 Å². The summed E-state index contributed by atoms with van der Waals surface area (Å²) in [6.07, 6.45) is 3.01. The van der Waals surface area contributed by atoms with Crippen LogP contribution in [0.4, 0.5) is 11.4 Å². The highest BCUT2D eigenvalue weighted by atomic mass is 35.5. The normalized spacial score (nSPS) is 18.4. The number of benzene rings is 1. The zero-order valence-corrected chi connectivity index (χ0v) is 12.4. The average Bonchev–Trinajstić information content (AvgIpc) is 2.46. The van der Waals surface area contributed by atoms with Crippen LogP contribution >= 0.6 is 11.6 Å². The van der Waals surface area contributed by atoms with Crippen LogP contribution in [-0.4, -0.2) is 23.4 Å². The van der Waals surface area contributed by atoms with Crippen molar-refractivity contribution in [3.63, 3.8) is 0 Å². The van der Waals surface area contributed by atoms with Crippen molar-refractivity contribution < 1.29 is 9.72 Å². The Bertz CT molecular complexity index is 579. The molecule has 0 bridgehead atoms. The van der Waals surface area contributed by atoms with Crippen LogP contribution < -0.4 is 16.2 Å². The number of halogens is 1. The first-order valence-corrected chi connectivity index (χ1v) is 7.09. The number of nitro benzene ring substituents is 1. The molecule has 3 N–H and O–H groups in total. The molecular weight excluding hydrogens is 296 g/mol. The Labute approximate surface area is 127 Å². The molecule has 8 heteroatoms. The Morgan fingerprint density at radius 3 is 2.81 bits per heavy atom. The van der Waals surface area contributed by atoms with E-state index < -0.39 is 10.8 Å². The SMILES string of the molecule is CC1CCCCN1c1c(Cl)cc(C(=O)NN)cc1[N+](=O)[O-]. The summed E-state index contributed by atoms with van der Waals surface area (Å²) in [5, 5.41) is 11.5. The molecule has 0 aromatic heterocycles. The van der Waals surface area contributed by atoms with Crippen molar-refractivity contribution in [2.45, 2.75) is 32.2 Å². The van der Waals surface area contributed by atoms with Gasteiger partial charge in [0.25, 0.3) is 11.6 Å². The van der Waals surface area contributed by atoms with E-state index in [9.17, 15) is 14.9 Å². The lowest BCUT2D eigenvalue weighted by molar-refractivity contribution is -0.384. The quantitative estimate of drug-likeness (QED) is 0.386. The third kappa shape index (κ3) is 3.08. The summed E-state index contributed by atoms with van der Waals surface area (Å²) >= 11 is 6.21. The van der Waals surface area contributed by atoms with Crippen LogP contribution in [0.2, 0.25) is 5.02 Å². The first-order valence-electron chi connectivity index (χ1n) is 6.71. The third-order valence-corrected chi connectivity index (χ3v) is 4.01. The molecule has 1 heterocycles. The summed E-state index contributed by atoms with van der Waals surface area (Å²) in [5.41, 5.74) is 2.23. The number of carbonyl (C=O) groups excluding carboxylic acids is 1. The fraction of sp³-hybridized carbons (Fsp3) is 0.462. The largest absolute Gasteiger partial charge is 0.362 e. The van der Waals surface area contributed by atoms with Crippen LogP contribution in [0.25, 0.3) is 0 Å². The Morgan fingerprint density at radius 1 is 1.52 bits per heavy atom. The number of nitrogens with two attached hydrogens (primary N) is 1. The van der Waals surface area contributed by atoms with Gasteiger partial charge in [-0.05, 0) is 32.3 Å². The van der Waals surface area contributed by atoms with Gasteiger partial charge in [0.15, 0.2) is 0 Å². The number of nitrogens with one attached hydrogen (secondary N) is 1. The molecule has 2 rings (SSSR count). The minimum atomic E-state index is -0.613. The number of amides is 1. The van der Waals surface area contributed by atoms with Gasteiger partial charge in [-0.3, -0.25) is 20.3 Å². The minimum absolute atomic E-state index is 0.0719. The summed E-state index contributed by atoms with van der Waals surface area (Å²) in [4.78, 5) is 24.3. The topological polar surface area (TPSA) is 102 Å². The minimum Gasteiger partial charge on any atom is -0.362 e. The smallest absolute Gasteiger partial charge is 0.294 e. The third-order valence-electron chi connectivity index (χ3n) is 3.72. The van der Waals surface area contributed by atoms with Crippen molar-refractivity contribution in [3.05, 3.63) is 32.8 Å². The number of nitrogens with zero attached hydrogens (tertiary/aromatic N) is 2. The highest BCUT2D eigenvalue weighted by molar-refractivity contribution is 6.34. The van der Waals surface area contributed by atoms with E-state index in [1.54, 1.807) is 0 Å². The van der Waals surface area contributed by atoms with Crippen LogP contribution in [0.5, 0.6) is 0 Å². The predicted molar refractivity (Wildman–Crippen MR) is 80.4 cm³/mol. The lowest BCUT2D eigenvalue weighted by Gasteiger charge is -2.35. The fourth-order valence-corrected chi connectivity index (χ4v) is 2.98. The maximum atomic E-state index is 11.6. The zero-order valence-electron chi connectivity index (χ0n) is 11.6. The first kappa shape index (κ1) is 15.5. The van der Waals surface area contributed by atoms with Gasteiger partial charge in [-0.15, -0.1) is 0 Å². The lowest BCUT2D eigenvalue weighted by atomic mass is 10.0. The van der Waals surface area contributed by atoms with Crippen LogP contribution in [0.3, 0.4) is 0 Å². The second-order valence-corrected chi connectivity index (χ2v) is 5.50. The number of hydrogen-bond donors (Lipinski definition) is 2. The fourth-order valence-electron chi connectivity index (χ4n) is 2.65. The van der Waals surface area contributed by atoms with Gasteiger partial charge in [-0.1, -0.05) is 11.6 Å². The number of hydrazine groups is 1. The monoisotopic (exact) mass is 312 g/mol. The van der Waals surface area contributed by atoms with Crippen molar-refractivity contribution >= 4 is 28.9 Å². The van der Waals surface area contributed by atoms with Crippen LogP contribution in [0, 0.1) is 10.1 Å². The summed E-state index contributed by atoms with van der Waals surface area (Å²) < 4.78 is 0. The van der Waals surface area contributed by atoms with Crippen molar-refractivity contribution in [1.82, 2.24) is 5.43 Å². The molecule has 7 nitrogen and oxygen atoms in total. The van der Waals surface area contributed by atoms with E-state index in [-0.39, 0.29) is 22.3 Å². The second-order valence-electron chi connectivity index (χ2n) is 5.09. The van der Waals surface area contributed by atoms with Gasteiger partial charge in [-0.2, -0.15) is 0 Å². The molecule has 0 spiro atoms. The number of carbonyl (C=O) groups is 1. The highest BCUT2D eigenvalue weighted by Gasteiger charge is 2.29. The van der Waals surface area contributed by atoms with E-state index in [1.807, 2.05) is 17.2 Å². The molecule has 1 aromatic rings. The zero-order chi connectivity index (χ0) is 15.6. The Hall–Kier alpha value is -1.86. The molecule has 0 saturated carbocycles. The lowest BCUT2D eigenvalue weighted by Crippen LogP contribution is -2.38. The molecule has 1 aliphatic rings. The average molecular weight is 313 g/mol. The first-order chi connectivity index (χ1) is 9.95. The second kappa shape index (κ2) is 6.28. The van der Waals surface area contributed by atoms with Crippen LogP contribution in [-0.2, 0) is 0 Å². The van der Waals surface area contributed by atoms with Gasteiger partial charge in [0, 0.05) is 24.2 Å². The van der Waals surface area contributed by atoms with Crippen molar-refractivity contribution in [2.24, 2.45) is 5.84 Å². The molecule has 1 aliphatic heterocycles. The Morgan fingerprint density at radius 2 is 2.24 bits per heavy atom. The van der Waals surface area contributed by atoms with Crippen molar-refractivity contribution in [3.8, 4) is 0 Å². The molecule has 1 amide bonds. The highest BCUT2D eigenvalue weighted by Crippen LogP contribution is 2.39. The summed E-state index contributed by atoms with van der Waals surface area (Å²) in [6, 6.07) is 2.79. The van der Waals surface area contributed by atoms with Gasteiger partial charge in [0.1, 0.15) is 5.69 Å². The number of piperidine rings is 1. The molecule has 21 heavy (non-hydrogen) atoms. The van der Waals surface area contributed by atoms with Gasteiger partial charge >= 0.3 is 0 Å². The maximum absolute atomic E-state index is 11.6. The van der Waals surface area contributed by atoms with E-state index in [4.69, 9.17) is 17.4 Å². The van der Waals surface area contributed by atoms with Gasteiger partial charge in [-0.25, -0.2) is 5.84 Å². The number of anilines is 1. The Balaban J connectivity index is 2.54. The molecule has 0 radical (unpaired) electrons. The molecule has 1 fully saturated rings. The number of nitro groups is 1. The van der Waals surface area contributed by atoms with Gasteiger partial charge in [0.05, 0.1) is 9.95 Å². The summed E-state index contributed by atoms with van der Waals surface area (Å²) in [5.74, 6) is 4.45. The van der Waals surface area contributed by atoms with E-state index in [0.29, 0.717) is 12.2 Å². The molecule has 1 atom stereocenters. The van der Waals surface area contributed by atoms with Gasteiger partial charge < -0.3 is 4.90 Å². The van der Waals surface area contributed by atoms with E-state index in [0.717, 1.165) is 19.3 Å². The van der Waals surface area contributed by atoms with Crippen molar-refractivity contribution in [2.75, 3.05) is 11.4 Å². The molecule has 1 saturated heterocycles. The number of nitrogen functional groups attached to an aromatic ring is 1. The van der Waals surface area contributed by atoms with E-state index >= 15 is 0 Å². The summed E-state index contributed by atoms with van der Waals surface area (Å²) in [7, 11) is 0. The van der Waals surface area contributed by atoms with E-state index in [2.05, 4.69) is 0 Å². The molecular formula is C13H17ClN4O3. The van der Waals surface area contributed by atoms with Gasteiger partial charge in [0.2, 0.25) is 0 Å². The molecule has 0 aliphatic carbocycles. The van der Waals surface area contributed by atoms with E-state index in [1.165, 1.54) is 12.1 Å². The Kier molecular flexibility index (Phi) is 4.64. The molecule has 1 unspecified atom stereocenters. The summed E-state index contributed by atoms with van der Waals surface area (Å²) in [6.45, 7) is 2.73. The predicted octanol–water partition coefficient (Wildman–Crippen LogP) is 2.23. The van der Waals surface area contributed by atoms with Crippen molar-refractivity contribution in [1.29, 1.82) is 0 Å². The standard InChI is InChI=1S/C13H17ClN4O3/c1-8-4-2-3-5-17(8)12-10(14)6-9(13(19)16-15)7-11(12)18(20)21/h6-8H,2-5,15H2,1H3,(H,16,19).